The average molecular weight is 244 g/mol. The molecule has 0 atom stereocenters. The van der Waals surface area contributed by atoms with Crippen molar-refractivity contribution >= 4 is 16.9 Å². The van der Waals surface area contributed by atoms with Crippen molar-refractivity contribution in [1.82, 2.24) is 15.3 Å². The van der Waals surface area contributed by atoms with E-state index in [9.17, 15) is 0 Å². The third-order valence-corrected chi connectivity index (χ3v) is 3.16. The zero-order valence-corrected chi connectivity index (χ0v) is 10.4. The quantitative estimate of drug-likeness (QED) is 0.855. The second-order valence-corrected chi connectivity index (χ2v) is 4.31. The summed E-state index contributed by atoms with van der Waals surface area (Å²) in [6.45, 7) is 3.99. The van der Waals surface area contributed by atoms with Gasteiger partial charge in [0, 0.05) is 37.6 Å². The monoisotopic (exact) mass is 244 g/mol. The highest BCUT2D eigenvalue weighted by atomic mass is 16.5. The Balaban J connectivity index is 1.97. The van der Waals surface area contributed by atoms with Crippen LogP contribution in [0.5, 0.6) is 5.88 Å². The molecule has 0 saturated carbocycles. The minimum atomic E-state index is 0.604. The van der Waals surface area contributed by atoms with E-state index in [4.69, 9.17) is 4.74 Å². The van der Waals surface area contributed by atoms with E-state index >= 15 is 0 Å². The first kappa shape index (κ1) is 11.2. The predicted molar refractivity (Wildman–Crippen MR) is 71.2 cm³/mol. The predicted octanol–water partition coefficient (Wildman–Crippen LogP) is 1.05. The van der Waals surface area contributed by atoms with Crippen LogP contribution in [0.25, 0.3) is 11.0 Å². The van der Waals surface area contributed by atoms with E-state index < -0.39 is 0 Å². The van der Waals surface area contributed by atoms with E-state index in [0.717, 1.165) is 43.0 Å². The second kappa shape index (κ2) is 4.78. The van der Waals surface area contributed by atoms with Gasteiger partial charge >= 0.3 is 0 Å². The number of aromatic nitrogens is 2. The number of methoxy groups -OCH3 is 1. The van der Waals surface area contributed by atoms with Crippen molar-refractivity contribution in [2.45, 2.75) is 0 Å². The maximum Gasteiger partial charge on any atom is 0.215 e. The Labute approximate surface area is 106 Å². The van der Waals surface area contributed by atoms with Crippen molar-refractivity contribution in [1.29, 1.82) is 0 Å². The molecule has 1 aliphatic heterocycles. The molecule has 0 amide bonds. The van der Waals surface area contributed by atoms with E-state index in [-0.39, 0.29) is 0 Å². The van der Waals surface area contributed by atoms with Crippen LogP contribution >= 0.6 is 0 Å². The molecule has 0 aliphatic carbocycles. The van der Waals surface area contributed by atoms with Crippen LogP contribution in [0.4, 0.5) is 5.82 Å². The van der Waals surface area contributed by atoms with Crippen LogP contribution in [0, 0.1) is 0 Å². The molecule has 1 aliphatic rings. The number of hydrogen-bond donors (Lipinski definition) is 1. The highest BCUT2D eigenvalue weighted by molar-refractivity contribution is 5.77. The third-order valence-electron chi connectivity index (χ3n) is 3.16. The first-order chi connectivity index (χ1) is 8.86. The van der Waals surface area contributed by atoms with Gasteiger partial charge in [-0.15, -0.1) is 0 Å². The Morgan fingerprint density at radius 1 is 1.11 bits per heavy atom. The minimum absolute atomic E-state index is 0.604. The molecule has 0 spiro atoms. The molecule has 18 heavy (non-hydrogen) atoms. The lowest BCUT2D eigenvalue weighted by Crippen LogP contribution is -2.43. The van der Waals surface area contributed by atoms with Crippen LogP contribution in [-0.4, -0.2) is 43.3 Å². The Morgan fingerprint density at radius 3 is 2.67 bits per heavy atom. The SMILES string of the molecule is COc1ccc2ccc(N3CCNCC3)nc2n1. The van der Waals surface area contributed by atoms with Gasteiger partial charge in [-0.25, -0.2) is 4.98 Å². The smallest absolute Gasteiger partial charge is 0.215 e. The van der Waals surface area contributed by atoms with Crippen LogP contribution in [-0.2, 0) is 0 Å². The van der Waals surface area contributed by atoms with Gasteiger partial charge in [-0.05, 0) is 18.2 Å². The van der Waals surface area contributed by atoms with Crippen molar-refractivity contribution in [2.24, 2.45) is 0 Å². The summed E-state index contributed by atoms with van der Waals surface area (Å²) in [5.74, 6) is 1.59. The molecule has 0 unspecified atom stereocenters. The second-order valence-electron chi connectivity index (χ2n) is 4.31. The summed E-state index contributed by atoms with van der Waals surface area (Å²) in [7, 11) is 1.62. The van der Waals surface area contributed by atoms with Crippen molar-refractivity contribution in [3.63, 3.8) is 0 Å². The third kappa shape index (κ3) is 2.09. The zero-order valence-electron chi connectivity index (χ0n) is 10.4. The van der Waals surface area contributed by atoms with Crippen LogP contribution < -0.4 is 15.0 Å². The number of piperazine rings is 1. The Kier molecular flexibility index (Phi) is 2.98. The summed E-state index contributed by atoms with van der Waals surface area (Å²) in [6.07, 6.45) is 0. The lowest BCUT2D eigenvalue weighted by molar-refractivity contribution is 0.399. The molecule has 1 saturated heterocycles. The van der Waals surface area contributed by atoms with Gasteiger partial charge in [0.25, 0.3) is 0 Å². The molecule has 3 rings (SSSR count). The summed E-state index contributed by atoms with van der Waals surface area (Å²) in [5.41, 5.74) is 0.741. The standard InChI is InChI=1S/C13H16N4O/c1-18-12-5-3-10-2-4-11(15-13(10)16-12)17-8-6-14-7-9-17/h2-5,14H,6-9H2,1H3. The first-order valence-corrected chi connectivity index (χ1v) is 6.14. The number of pyridine rings is 2. The van der Waals surface area contributed by atoms with Crippen molar-refractivity contribution in [3.8, 4) is 5.88 Å². The summed E-state index contributed by atoms with van der Waals surface area (Å²) >= 11 is 0. The van der Waals surface area contributed by atoms with Crippen molar-refractivity contribution < 1.29 is 4.74 Å². The molecule has 2 aromatic rings. The number of hydrogen-bond acceptors (Lipinski definition) is 5. The van der Waals surface area contributed by atoms with Gasteiger partial charge in [0.1, 0.15) is 5.82 Å². The number of nitrogens with zero attached hydrogens (tertiary/aromatic N) is 3. The Bertz CT molecular complexity index is 552. The van der Waals surface area contributed by atoms with E-state index in [0.29, 0.717) is 5.88 Å². The molecule has 0 bridgehead atoms. The molecule has 5 nitrogen and oxygen atoms in total. The van der Waals surface area contributed by atoms with Crippen molar-refractivity contribution in [3.05, 3.63) is 24.3 Å². The normalized spacial score (nSPS) is 15.9. The van der Waals surface area contributed by atoms with Gasteiger partial charge in [0.15, 0.2) is 5.65 Å². The van der Waals surface area contributed by atoms with Crippen LogP contribution in [0.1, 0.15) is 0 Å². The maximum atomic E-state index is 5.13. The first-order valence-electron chi connectivity index (χ1n) is 6.14. The molecule has 0 radical (unpaired) electrons. The van der Waals surface area contributed by atoms with E-state index in [2.05, 4.69) is 32.3 Å². The summed E-state index contributed by atoms with van der Waals surface area (Å²) in [6, 6.07) is 7.96. The van der Waals surface area contributed by atoms with E-state index in [1.165, 1.54) is 0 Å². The fourth-order valence-corrected chi connectivity index (χ4v) is 2.16. The van der Waals surface area contributed by atoms with Crippen LogP contribution in [0.15, 0.2) is 24.3 Å². The molecule has 3 heterocycles. The summed E-state index contributed by atoms with van der Waals surface area (Å²) in [4.78, 5) is 11.3. The van der Waals surface area contributed by atoms with Crippen molar-refractivity contribution in [2.75, 3.05) is 38.2 Å². The number of ether oxygens (including phenoxy) is 1. The van der Waals surface area contributed by atoms with Gasteiger partial charge in [-0.1, -0.05) is 0 Å². The fraction of sp³-hybridized carbons (Fsp3) is 0.385. The van der Waals surface area contributed by atoms with E-state index in [1.807, 2.05) is 12.1 Å². The number of nitrogens with one attached hydrogen (secondary N) is 1. The average Bonchev–Trinajstić information content (AvgIpc) is 2.47. The summed E-state index contributed by atoms with van der Waals surface area (Å²) in [5, 5.41) is 4.37. The van der Waals surface area contributed by atoms with Gasteiger partial charge in [0.05, 0.1) is 7.11 Å². The van der Waals surface area contributed by atoms with Gasteiger partial charge < -0.3 is 15.0 Å². The molecule has 5 heteroatoms. The number of fused-ring (bicyclic) bond motifs is 1. The number of rotatable bonds is 2. The van der Waals surface area contributed by atoms with Crippen LogP contribution in [0.2, 0.25) is 0 Å². The lowest BCUT2D eigenvalue weighted by Gasteiger charge is -2.28. The minimum Gasteiger partial charge on any atom is -0.481 e. The van der Waals surface area contributed by atoms with E-state index in [1.54, 1.807) is 7.11 Å². The van der Waals surface area contributed by atoms with Gasteiger partial charge in [-0.3, -0.25) is 0 Å². The maximum absolute atomic E-state index is 5.13. The fourth-order valence-electron chi connectivity index (χ4n) is 2.16. The highest BCUT2D eigenvalue weighted by Gasteiger charge is 2.12. The zero-order chi connectivity index (χ0) is 12.4. The Morgan fingerprint density at radius 2 is 1.89 bits per heavy atom. The topological polar surface area (TPSA) is 50.3 Å². The van der Waals surface area contributed by atoms with Gasteiger partial charge in [-0.2, -0.15) is 4.98 Å². The largest absolute Gasteiger partial charge is 0.481 e. The number of anilines is 1. The Hall–Kier alpha value is -1.88. The molecule has 0 aromatic carbocycles. The molecule has 94 valence electrons. The highest BCUT2D eigenvalue weighted by Crippen LogP contribution is 2.19. The van der Waals surface area contributed by atoms with Gasteiger partial charge in [0.2, 0.25) is 5.88 Å². The molecular weight excluding hydrogens is 228 g/mol. The summed E-state index contributed by atoms with van der Waals surface area (Å²) < 4.78 is 5.13. The van der Waals surface area contributed by atoms with Crippen LogP contribution in [0.3, 0.4) is 0 Å². The molecular formula is C13H16N4O. The molecule has 1 fully saturated rings. The molecule has 1 N–H and O–H groups in total. The molecule has 2 aromatic heterocycles. The lowest BCUT2D eigenvalue weighted by atomic mass is 10.2.